The van der Waals surface area contributed by atoms with Gasteiger partial charge in [-0.15, -0.1) is 35.3 Å². The van der Waals surface area contributed by atoms with Crippen LogP contribution < -0.4 is 5.32 Å². The van der Waals surface area contributed by atoms with E-state index < -0.39 is 0 Å². The Bertz CT molecular complexity index is 612. The Labute approximate surface area is 189 Å². The van der Waals surface area contributed by atoms with Crippen molar-refractivity contribution in [2.45, 2.75) is 39.2 Å². The Morgan fingerprint density at radius 1 is 1.36 bits per heavy atom. The molecule has 3 heterocycles. The van der Waals surface area contributed by atoms with Crippen LogP contribution in [-0.4, -0.2) is 73.6 Å². The van der Waals surface area contributed by atoms with Crippen LogP contribution in [0.5, 0.6) is 0 Å². The van der Waals surface area contributed by atoms with E-state index >= 15 is 0 Å². The third kappa shape index (κ3) is 6.59. The lowest BCUT2D eigenvalue weighted by Gasteiger charge is -2.37. The predicted molar refractivity (Wildman–Crippen MR) is 126 cm³/mol. The number of halogens is 1. The van der Waals surface area contributed by atoms with E-state index in [1.165, 1.54) is 4.88 Å². The molecule has 3 rings (SSSR count). The van der Waals surface area contributed by atoms with Crippen molar-refractivity contribution in [3.63, 3.8) is 0 Å². The highest BCUT2D eigenvalue weighted by Gasteiger charge is 2.30. The van der Waals surface area contributed by atoms with E-state index in [9.17, 15) is 4.79 Å². The molecule has 0 aliphatic carbocycles. The number of thiophene rings is 1. The van der Waals surface area contributed by atoms with Crippen molar-refractivity contribution in [1.29, 1.82) is 0 Å². The van der Waals surface area contributed by atoms with E-state index in [4.69, 9.17) is 9.73 Å². The second-order valence-electron chi connectivity index (χ2n) is 7.40. The van der Waals surface area contributed by atoms with Gasteiger partial charge in [-0.3, -0.25) is 9.79 Å². The molecule has 28 heavy (non-hydrogen) atoms. The second kappa shape index (κ2) is 12.0. The highest BCUT2D eigenvalue weighted by atomic mass is 127. The number of aliphatic imine (C=N–C) groups is 1. The number of rotatable bonds is 6. The number of carbonyl (C=O) groups excluding carboxylic acids is 1. The molecule has 0 saturated carbocycles. The van der Waals surface area contributed by atoms with E-state index in [0.717, 1.165) is 71.1 Å². The number of nitrogens with zero attached hydrogens (tertiary/aromatic N) is 3. The van der Waals surface area contributed by atoms with Gasteiger partial charge in [-0.05, 0) is 43.6 Å². The van der Waals surface area contributed by atoms with Crippen LogP contribution in [0.3, 0.4) is 0 Å². The monoisotopic (exact) mass is 520 g/mol. The predicted octanol–water partition coefficient (Wildman–Crippen LogP) is 2.83. The SMILES string of the molecule is CCNC(=NCC(C)Cc1cccs1)N1CCN(C(=O)C2CCCO2)CC1.I. The molecule has 0 spiro atoms. The fourth-order valence-electron chi connectivity index (χ4n) is 3.62. The van der Waals surface area contributed by atoms with Crippen molar-refractivity contribution in [1.82, 2.24) is 15.1 Å². The minimum Gasteiger partial charge on any atom is -0.368 e. The number of carbonyl (C=O) groups is 1. The summed E-state index contributed by atoms with van der Waals surface area (Å²) in [5.74, 6) is 1.65. The van der Waals surface area contributed by atoms with Crippen LogP contribution in [0.25, 0.3) is 0 Å². The third-order valence-electron chi connectivity index (χ3n) is 5.11. The first-order chi connectivity index (χ1) is 13.2. The zero-order valence-electron chi connectivity index (χ0n) is 16.9. The second-order valence-corrected chi connectivity index (χ2v) is 8.43. The average Bonchev–Trinajstić information content (AvgIpc) is 3.39. The molecule has 2 aliphatic heterocycles. The van der Waals surface area contributed by atoms with Crippen molar-refractivity contribution in [3.8, 4) is 0 Å². The van der Waals surface area contributed by atoms with Crippen molar-refractivity contribution < 1.29 is 9.53 Å². The summed E-state index contributed by atoms with van der Waals surface area (Å²) < 4.78 is 5.55. The van der Waals surface area contributed by atoms with Crippen LogP contribution in [0.15, 0.2) is 22.5 Å². The fraction of sp³-hybridized carbons (Fsp3) is 0.700. The molecule has 158 valence electrons. The molecule has 1 aromatic rings. The maximum Gasteiger partial charge on any atom is 0.251 e. The summed E-state index contributed by atoms with van der Waals surface area (Å²) in [6, 6.07) is 4.30. The first-order valence-corrected chi connectivity index (χ1v) is 11.0. The summed E-state index contributed by atoms with van der Waals surface area (Å²) in [4.78, 5) is 23.0. The van der Waals surface area contributed by atoms with E-state index in [-0.39, 0.29) is 36.0 Å². The van der Waals surface area contributed by atoms with Gasteiger partial charge in [0.25, 0.3) is 5.91 Å². The summed E-state index contributed by atoms with van der Waals surface area (Å²) in [6.45, 7) is 9.88. The molecule has 2 atom stereocenters. The van der Waals surface area contributed by atoms with Gasteiger partial charge in [0.05, 0.1) is 0 Å². The van der Waals surface area contributed by atoms with Crippen LogP contribution in [0.1, 0.15) is 31.6 Å². The molecule has 2 fully saturated rings. The van der Waals surface area contributed by atoms with Crippen LogP contribution >= 0.6 is 35.3 Å². The van der Waals surface area contributed by atoms with Gasteiger partial charge in [-0.2, -0.15) is 0 Å². The number of ether oxygens (including phenoxy) is 1. The summed E-state index contributed by atoms with van der Waals surface area (Å²) in [5, 5.41) is 5.55. The van der Waals surface area contributed by atoms with Gasteiger partial charge in [0.15, 0.2) is 5.96 Å². The van der Waals surface area contributed by atoms with Crippen molar-refractivity contribution >= 4 is 47.2 Å². The lowest BCUT2D eigenvalue weighted by atomic mass is 10.1. The van der Waals surface area contributed by atoms with Gasteiger partial charge >= 0.3 is 0 Å². The Hall–Kier alpha value is -0.870. The first kappa shape index (κ1) is 23.4. The average molecular weight is 520 g/mol. The van der Waals surface area contributed by atoms with Crippen LogP contribution in [0, 0.1) is 5.92 Å². The van der Waals surface area contributed by atoms with Gasteiger partial charge in [-0.1, -0.05) is 13.0 Å². The number of guanidine groups is 1. The molecule has 0 bridgehead atoms. The first-order valence-electron chi connectivity index (χ1n) is 10.1. The number of hydrogen-bond donors (Lipinski definition) is 1. The largest absolute Gasteiger partial charge is 0.368 e. The molecule has 0 radical (unpaired) electrons. The zero-order chi connectivity index (χ0) is 19.1. The topological polar surface area (TPSA) is 57.2 Å². The van der Waals surface area contributed by atoms with Crippen LogP contribution in [0.4, 0.5) is 0 Å². The van der Waals surface area contributed by atoms with E-state index in [0.29, 0.717) is 5.92 Å². The van der Waals surface area contributed by atoms with E-state index in [2.05, 4.69) is 41.6 Å². The molecule has 1 aromatic heterocycles. The van der Waals surface area contributed by atoms with Gasteiger partial charge in [0.2, 0.25) is 0 Å². The number of amides is 1. The molecule has 2 unspecified atom stereocenters. The Morgan fingerprint density at radius 2 is 2.11 bits per heavy atom. The fourth-order valence-corrected chi connectivity index (χ4v) is 4.49. The molecular weight excluding hydrogens is 487 g/mol. The van der Waals surface area contributed by atoms with E-state index in [1.54, 1.807) is 0 Å². The van der Waals surface area contributed by atoms with Crippen molar-refractivity contribution in [2.75, 3.05) is 45.9 Å². The molecule has 1 N–H and O–H groups in total. The van der Waals surface area contributed by atoms with E-state index in [1.807, 2.05) is 16.2 Å². The number of hydrogen-bond acceptors (Lipinski definition) is 4. The normalized spacial score (nSPS) is 21.4. The number of piperazine rings is 1. The van der Waals surface area contributed by atoms with Crippen LogP contribution in [0.2, 0.25) is 0 Å². The van der Waals surface area contributed by atoms with Gasteiger partial charge < -0.3 is 19.9 Å². The van der Waals surface area contributed by atoms with Gasteiger partial charge in [0, 0.05) is 50.8 Å². The summed E-state index contributed by atoms with van der Waals surface area (Å²) in [6.07, 6.45) is 2.73. The Balaban J connectivity index is 0.00000280. The summed E-state index contributed by atoms with van der Waals surface area (Å²) in [7, 11) is 0. The summed E-state index contributed by atoms with van der Waals surface area (Å²) >= 11 is 1.81. The highest BCUT2D eigenvalue weighted by Crippen LogP contribution is 2.17. The quantitative estimate of drug-likeness (QED) is 0.356. The van der Waals surface area contributed by atoms with Gasteiger partial charge in [0.1, 0.15) is 6.10 Å². The van der Waals surface area contributed by atoms with Gasteiger partial charge in [-0.25, -0.2) is 0 Å². The highest BCUT2D eigenvalue weighted by molar-refractivity contribution is 14.0. The minimum atomic E-state index is -0.212. The molecule has 2 saturated heterocycles. The maximum atomic E-state index is 12.5. The van der Waals surface area contributed by atoms with Crippen LogP contribution in [-0.2, 0) is 16.0 Å². The maximum absolute atomic E-state index is 12.5. The standard InChI is InChI=1S/C20H32N4O2S.HI/c1-3-21-20(22-15-16(2)14-17-6-5-13-27-17)24-10-8-23(9-11-24)19(25)18-7-4-12-26-18;/h5-6,13,16,18H,3-4,7-12,14-15H2,1-2H3,(H,21,22);1H. The zero-order valence-corrected chi connectivity index (χ0v) is 20.1. The smallest absolute Gasteiger partial charge is 0.251 e. The number of nitrogens with one attached hydrogen (secondary N) is 1. The Kier molecular flexibility index (Phi) is 10.0. The third-order valence-corrected chi connectivity index (χ3v) is 6.01. The lowest BCUT2D eigenvalue weighted by Crippen LogP contribution is -2.55. The molecular formula is C20H33IN4O2S. The molecule has 0 aromatic carbocycles. The van der Waals surface area contributed by atoms with Crippen molar-refractivity contribution in [2.24, 2.45) is 10.9 Å². The molecule has 2 aliphatic rings. The molecule has 8 heteroatoms. The minimum absolute atomic E-state index is 0. The lowest BCUT2D eigenvalue weighted by molar-refractivity contribution is -0.142. The summed E-state index contributed by atoms with van der Waals surface area (Å²) in [5.41, 5.74) is 0. The molecule has 1 amide bonds. The molecule has 6 nitrogen and oxygen atoms in total. The Morgan fingerprint density at radius 3 is 2.71 bits per heavy atom. The van der Waals surface area contributed by atoms with Crippen molar-refractivity contribution in [3.05, 3.63) is 22.4 Å².